The number of thiophene rings is 1. The molecule has 0 saturated carbocycles. The molecule has 0 bridgehead atoms. The van der Waals surface area contributed by atoms with Crippen molar-refractivity contribution in [3.05, 3.63) is 35.2 Å². The maximum absolute atomic E-state index is 12.6. The Kier molecular flexibility index (Phi) is 4.00. The van der Waals surface area contributed by atoms with Crippen LogP contribution >= 0.6 is 11.3 Å². The predicted molar refractivity (Wildman–Crippen MR) is 81.4 cm³/mol. The van der Waals surface area contributed by atoms with E-state index in [1.54, 1.807) is 11.3 Å². The summed E-state index contributed by atoms with van der Waals surface area (Å²) in [5.74, 6) is 0.121. The summed E-state index contributed by atoms with van der Waals surface area (Å²) in [6, 6.07) is 10.1. The van der Waals surface area contributed by atoms with E-state index < -0.39 is 0 Å². The van der Waals surface area contributed by atoms with Gasteiger partial charge in [0.2, 0.25) is 0 Å². The van der Waals surface area contributed by atoms with E-state index in [1.165, 1.54) is 0 Å². The molecule has 1 aliphatic heterocycles. The number of hydrogen-bond donors (Lipinski definition) is 1. The molecule has 0 spiro atoms. The van der Waals surface area contributed by atoms with Crippen LogP contribution in [0.1, 0.15) is 9.67 Å². The lowest BCUT2D eigenvalue weighted by Gasteiger charge is -2.32. The van der Waals surface area contributed by atoms with Gasteiger partial charge in [0.1, 0.15) is 0 Å². The number of amides is 1. The molecule has 0 radical (unpaired) electrons. The van der Waals surface area contributed by atoms with E-state index in [4.69, 9.17) is 4.74 Å². The number of fused-ring (bicyclic) bond motifs is 1. The van der Waals surface area contributed by atoms with Crippen LogP contribution in [0.4, 0.5) is 0 Å². The van der Waals surface area contributed by atoms with E-state index in [9.17, 15) is 4.79 Å². The first-order valence-corrected chi connectivity index (χ1v) is 7.63. The smallest absolute Gasteiger partial charge is 0.264 e. The van der Waals surface area contributed by atoms with Gasteiger partial charge in [-0.25, -0.2) is 0 Å². The quantitative estimate of drug-likeness (QED) is 0.939. The van der Waals surface area contributed by atoms with Gasteiger partial charge in [0.25, 0.3) is 5.91 Å². The van der Waals surface area contributed by atoms with Gasteiger partial charge in [-0.15, -0.1) is 11.3 Å². The van der Waals surface area contributed by atoms with Crippen LogP contribution in [0.5, 0.6) is 0 Å². The number of benzene rings is 1. The average molecular weight is 290 g/mol. The second kappa shape index (κ2) is 5.91. The number of ether oxygens (including phenoxy) is 1. The molecule has 1 fully saturated rings. The standard InChI is InChI=1S/C15H18N2O2S/c1-16-9-12-10-17(6-7-19-12)15(18)14-8-11-4-2-3-5-13(11)20-14/h2-5,8,12,16H,6-7,9-10H2,1H3. The summed E-state index contributed by atoms with van der Waals surface area (Å²) in [4.78, 5) is 15.3. The third-order valence-corrected chi connectivity index (χ3v) is 4.60. The van der Waals surface area contributed by atoms with E-state index in [1.807, 2.05) is 36.2 Å². The number of nitrogens with one attached hydrogen (secondary N) is 1. The zero-order chi connectivity index (χ0) is 13.9. The van der Waals surface area contributed by atoms with Crippen molar-refractivity contribution in [1.82, 2.24) is 10.2 Å². The van der Waals surface area contributed by atoms with Crippen molar-refractivity contribution in [3.8, 4) is 0 Å². The minimum Gasteiger partial charge on any atom is -0.373 e. The molecular weight excluding hydrogens is 272 g/mol. The number of likely N-dealkylation sites (N-methyl/N-ethyl adjacent to an activating group) is 1. The molecule has 2 heterocycles. The highest BCUT2D eigenvalue weighted by Crippen LogP contribution is 2.26. The highest BCUT2D eigenvalue weighted by atomic mass is 32.1. The van der Waals surface area contributed by atoms with E-state index >= 15 is 0 Å². The van der Waals surface area contributed by atoms with Gasteiger partial charge < -0.3 is 15.0 Å². The molecule has 106 valence electrons. The maximum atomic E-state index is 12.6. The number of nitrogens with zero attached hydrogens (tertiary/aromatic N) is 1. The molecule has 1 N–H and O–H groups in total. The van der Waals surface area contributed by atoms with Gasteiger partial charge in [0, 0.05) is 24.3 Å². The molecule has 4 nitrogen and oxygen atoms in total. The van der Waals surface area contributed by atoms with E-state index in [0.29, 0.717) is 19.7 Å². The number of carbonyl (C=O) groups is 1. The normalized spacial score (nSPS) is 19.4. The van der Waals surface area contributed by atoms with Crippen LogP contribution in [-0.4, -0.2) is 50.2 Å². The molecular formula is C15H18N2O2S. The Balaban J connectivity index is 1.77. The Morgan fingerprint density at radius 1 is 1.50 bits per heavy atom. The molecule has 1 aromatic heterocycles. The Hall–Kier alpha value is -1.43. The van der Waals surface area contributed by atoms with Gasteiger partial charge >= 0.3 is 0 Å². The summed E-state index contributed by atoms with van der Waals surface area (Å²) in [6.07, 6.45) is 0.0899. The maximum Gasteiger partial charge on any atom is 0.264 e. The van der Waals surface area contributed by atoms with E-state index in [-0.39, 0.29) is 12.0 Å². The number of rotatable bonds is 3. The van der Waals surface area contributed by atoms with Crippen LogP contribution in [0.3, 0.4) is 0 Å². The van der Waals surface area contributed by atoms with Crippen LogP contribution in [0.25, 0.3) is 10.1 Å². The van der Waals surface area contributed by atoms with Crippen molar-refractivity contribution < 1.29 is 9.53 Å². The predicted octanol–water partition coefficient (Wildman–Crippen LogP) is 1.96. The Bertz CT molecular complexity index is 576. The van der Waals surface area contributed by atoms with Crippen molar-refractivity contribution in [1.29, 1.82) is 0 Å². The first-order chi connectivity index (χ1) is 9.78. The number of carbonyl (C=O) groups excluding carboxylic acids is 1. The van der Waals surface area contributed by atoms with Crippen molar-refractivity contribution >= 4 is 27.3 Å². The lowest BCUT2D eigenvalue weighted by atomic mass is 10.2. The Morgan fingerprint density at radius 3 is 3.15 bits per heavy atom. The minimum atomic E-state index is 0.0899. The first-order valence-electron chi connectivity index (χ1n) is 6.82. The summed E-state index contributed by atoms with van der Waals surface area (Å²) in [6.45, 7) is 2.72. The summed E-state index contributed by atoms with van der Waals surface area (Å²) < 4.78 is 6.80. The Morgan fingerprint density at radius 2 is 2.35 bits per heavy atom. The molecule has 1 aromatic carbocycles. The minimum absolute atomic E-state index is 0.0899. The zero-order valence-electron chi connectivity index (χ0n) is 11.5. The molecule has 20 heavy (non-hydrogen) atoms. The summed E-state index contributed by atoms with van der Waals surface area (Å²) in [5, 5.41) is 4.24. The monoisotopic (exact) mass is 290 g/mol. The molecule has 2 aromatic rings. The third kappa shape index (κ3) is 2.70. The van der Waals surface area contributed by atoms with Gasteiger partial charge in [-0.05, 0) is 24.6 Å². The second-order valence-corrected chi connectivity index (χ2v) is 6.03. The van der Waals surface area contributed by atoms with Crippen LogP contribution in [0, 0.1) is 0 Å². The number of hydrogen-bond acceptors (Lipinski definition) is 4. The van der Waals surface area contributed by atoms with Crippen LogP contribution in [0.15, 0.2) is 30.3 Å². The number of morpholine rings is 1. The van der Waals surface area contributed by atoms with Crippen molar-refractivity contribution in [2.45, 2.75) is 6.10 Å². The molecule has 1 saturated heterocycles. The average Bonchev–Trinajstić information content (AvgIpc) is 2.91. The van der Waals surface area contributed by atoms with Gasteiger partial charge in [-0.1, -0.05) is 18.2 Å². The third-order valence-electron chi connectivity index (χ3n) is 3.49. The van der Waals surface area contributed by atoms with Gasteiger partial charge in [0.05, 0.1) is 17.6 Å². The van der Waals surface area contributed by atoms with Crippen molar-refractivity contribution in [2.75, 3.05) is 33.3 Å². The summed E-state index contributed by atoms with van der Waals surface area (Å²) in [7, 11) is 1.90. The molecule has 1 atom stereocenters. The molecule has 5 heteroatoms. The first kappa shape index (κ1) is 13.5. The SMILES string of the molecule is CNCC1CN(C(=O)c2cc3ccccc3s2)CCO1. The van der Waals surface area contributed by atoms with Crippen LogP contribution < -0.4 is 5.32 Å². The second-order valence-electron chi connectivity index (χ2n) is 4.95. The largest absolute Gasteiger partial charge is 0.373 e. The zero-order valence-corrected chi connectivity index (χ0v) is 12.3. The highest BCUT2D eigenvalue weighted by molar-refractivity contribution is 7.20. The van der Waals surface area contributed by atoms with Crippen molar-refractivity contribution in [3.63, 3.8) is 0 Å². The van der Waals surface area contributed by atoms with Gasteiger partial charge in [-0.3, -0.25) is 4.79 Å². The molecule has 1 aliphatic rings. The summed E-state index contributed by atoms with van der Waals surface area (Å²) in [5.41, 5.74) is 0. The van der Waals surface area contributed by atoms with Gasteiger partial charge in [-0.2, -0.15) is 0 Å². The van der Waals surface area contributed by atoms with Crippen molar-refractivity contribution in [2.24, 2.45) is 0 Å². The van der Waals surface area contributed by atoms with Crippen LogP contribution in [0.2, 0.25) is 0 Å². The molecule has 0 aliphatic carbocycles. The topological polar surface area (TPSA) is 41.6 Å². The van der Waals surface area contributed by atoms with E-state index in [0.717, 1.165) is 21.5 Å². The molecule has 3 rings (SSSR count). The molecule has 1 amide bonds. The lowest BCUT2D eigenvalue weighted by molar-refractivity contribution is -0.0194. The fourth-order valence-corrected chi connectivity index (χ4v) is 3.53. The highest BCUT2D eigenvalue weighted by Gasteiger charge is 2.25. The lowest BCUT2D eigenvalue weighted by Crippen LogP contribution is -2.48. The fraction of sp³-hybridized carbons (Fsp3) is 0.400. The summed E-state index contributed by atoms with van der Waals surface area (Å²) >= 11 is 1.57. The fourth-order valence-electron chi connectivity index (χ4n) is 2.50. The Labute approximate surface area is 122 Å². The van der Waals surface area contributed by atoms with Crippen LogP contribution in [-0.2, 0) is 4.74 Å². The van der Waals surface area contributed by atoms with Gasteiger partial charge in [0.15, 0.2) is 0 Å². The van der Waals surface area contributed by atoms with E-state index in [2.05, 4.69) is 11.4 Å². The molecule has 1 unspecified atom stereocenters.